The molecule has 0 unspecified atom stereocenters. The van der Waals surface area contributed by atoms with E-state index in [1.54, 1.807) is 48.3 Å². The summed E-state index contributed by atoms with van der Waals surface area (Å²) in [5, 5.41) is 6.96. The van der Waals surface area contributed by atoms with Crippen LogP contribution in [0.5, 0.6) is 5.75 Å². The van der Waals surface area contributed by atoms with E-state index in [0.29, 0.717) is 26.5 Å². The zero-order chi connectivity index (χ0) is 21.6. The van der Waals surface area contributed by atoms with E-state index in [1.807, 2.05) is 6.92 Å². The Morgan fingerprint density at radius 1 is 1.03 bits per heavy atom. The smallest absolute Gasteiger partial charge is 0.238 e. The molecule has 2 amide bonds. The van der Waals surface area contributed by atoms with Gasteiger partial charge >= 0.3 is 0 Å². The van der Waals surface area contributed by atoms with Crippen molar-refractivity contribution in [3.05, 3.63) is 57.0 Å². The van der Waals surface area contributed by atoms with Gasteiger partial charge in [-0.1, -0.05) is 40.9 Å². The molecule has 1 atom stereocenters. The van der Waals surface area contributed by atoms with Gasteiger partial charge in [0.15, 0.2) is 0 Å². The molecule has 0 aliphatic heterocycles. The summed E-state index contributed by atoms with van der Waals surface area (Å²) in [5.41, 5.74) is 1.30. The van der Waals surface area contributed by atoms with Crippen LogP contribution < -0.4 is 15.4 Å². The second-order valence-corrected chi connectivity index (χ2v) is 7.78. The third-order valence-corrected chi connectivity index (χ3v) is 5.06. The van der Waals surface area contributed by atoms with Crippen LogP contribution in [-0.2, 0) is 9.59 Å². The molecular weight excluding hydrogens is 437 g/mol. The standard InChI is InChI=1S/C20H22Cl3N3O3/c1-12(13-4-6-15(22)16(23)8-13)24-19(27)10-26(2)11-20(28)25-17-9-14(21)5-7-18(17)29-3/h4-9,12H,10-11H2,1-3H3,(H,24,27)(H,25,28)/t12-/m1/s1. The molecule has 0 aliphatic carbocycles. The van der Waals surface area contributed by atoms with E-state index in [9.17, 15) is 9.59 Å². The molecule has 0 heterocycles. The van der Waals surface area contributed by atoms with Gasteiger partial charge in [-0.2, -0.15) is 0 Å². The molecule has 2 aromatic rings. The van der Waals surface area contributed by atoms with Crippen molar-refractivity contribution >= 4 is 52.3 Å². The van der Waals surface area contributed by atoms with Gasteiger partial charge in [-0.25, -0.2) is 0 Å². The van der Waals surface area contributed by atoms with Crippen molar-refractivity contribution in [2.75, 3.05) is 32.6 Å². The number of amides is 2. The van der Waals surface area contributed by atoms with Crippen LogP contribution in [0.25, 0.3) is 0 Å². The number of carbonyl (C=O) groups excluding carboxylic acids is 2. The van der Waals surface area contributed by atoms with Gasteiger partial charge in [0.05, 0.1) is 42.0 Å². The summed E-state index contributed by atoms with van der Waals surface area (Å²) in [6.07, 6.45) is 0. The first kappa shape index (κ1) is 23.3. The maximum absolute atomic E-state index is 12.3. The van der Waals surface area contributed by atoms with Crippen molar-refractivity contribution < 1.29 is 14.3 Å². The molecule has 0 radical (unpaired) electrons. The zero-order valence-corrected chi connectivity index (χ0v) is 18.5. The fourth-order valence-corrected chi connectivity index (χ4v) is 3.14. The Morgan fingerprint density at radius 3 is 2.38 bits per heavy atom. The quantitative estimate of drug-likeness (QED) is 0.615. The Hall–Kier alpha value is -1.99. The number of nitrogens with zero attached hydrogens (tertiary/aromatic N) is 1. The van der Waals surface area contributed by atoms with Gasteiger partial charge in [-0.15, -0.1) is 0 Å². The van der Waals surface area contributed by atoms with Crippen LogP contribution in [-0.4, -0.2) is 44.0 Å². The minimum Gasteiger partial charge on any atom is -0.495 e. The molecule has 2 aromatic carbocycles. The van der Waals surface area contributed by atoms with E-state index in [2.05, 4.69) is 10.6 Å². The molecule has 156 valence electrons. The van der Waals surface area contributed by atoms with Crippen LogP contribution in [0, 0.1) is 0 Å². The number of carbonyl (C=O) groups is 2. The van der Waals surface area contributed by atoms with Crippen LogP contribution in [0.3, 0.4) is 0 Å². The molecule has 0 bridgehead atoms. The minimum atomic E-state index is -0.293. The Kier molecular flexibility index (Phi) is 8.59. The van der Waals surface area contributed by atoms with Gasteiger partial charge < -0.3 is 15.4 Å². The maximum Gasteiger partial charge on any atom is 0.238 e. The lowest BCUT2D eigenvalue weighted by atomic mass is 10.1. The number of nitrogens with one attached hydrogen (secondary N) is 2. The summed E-state index contributed by atoms with van der Waals surface area (Å²) in [6.45, 7) is 1.91. The first-order valence-corrected chi connectivity index (χ1v) is 9.89. The second-order valence-electron chi connectivity index (χ2n) is 6.53. The number of rotatable bonds is 8. The van der Waals surface area contributed by atoms with Crippen molar-refractivity contribution in [1.29, 1.82) is 0 Å². The van der Waals surface area contributed by atoms with Crippen molar-refractivity contribution in [2.45, 2.75) is 13.0 Å². The number of halogens is 3. The topological polar surface area (TPSA) is 70.7 Å². The third-order valence-electron chi connectivity index (χ3n) is 4.08. The highest BCUT2D eigenvalue weighted by molar-refractivity contribution is 6.42. The van der Waals surface area contributed by atoms with Crippen molar-refractivity contribution in [3.63, 3.8) is 0 Å². The SMILES string of the molecule is COc1ccc(Cl)cc1NC(=O)CN(C)CC(=O)N[C@H](C)c1ccc(Cl)c(Cl)c1. The highest BCUT2D eigenvalue weighted by Gasteiger charge is 2.15. The summed E-state index contributed by atoms with van der Waals surface area (Å²) in [6, 6.07) is 9.88. The van der Waals surface area contributed by atoms with E-state index in [-0.39, 0.29) is 30.9 Å². The van der Waals surface area contributed by atoms with Crippen LogP contribution in [0.15, 0.2) is 36.4 Å². The molecule has 0 spiro atoms. The van der Waals surface area contributed by atoms with Gasteiger partial charge in [-0.3, -0.25) is 14.5 Å². The molecule has 0 aliphatic rings. The highest BCUT2D eigenvalue weighted by atomic mass is 35.5. The van der Waals surface area contributed by atoms with E-state index in [4.69, 9.17) is 39.5 Å². The first-order chi connectivity index (χ1) is 13.7. The van der Waals surface area contributed by atoms with Gasteiger partial charge in [0.2, 0.25) is 11.8 Å². The third kappa shape index (κ3) is 7.08. The van der Waals surface area contributed by atoms with Gasteiger partial charge in [0, 0.05) is 5.02 Å². The normalized spacial score (nSPS) is 11.8. The summed E-state index contributed by atoms with van der Waals surface area (Å²) < 4.78 is 5.20. The molecule has 0 saturated heterocycles. The highest BCUT2D eigenvalue weighted by Crippen LogP contribution is 2.27. The van der Waals surface area contributed by atoms with Crippen LogP contribution >= 0.6 is 34.8 Å². The Bertz CT molecular complexity index is 893. The van der Waals surface area contributed by atoms with Gasteiger partial charge in [0.25, 0.3) is 0 Å². The molecule has 0 saturated carbocycles. The molecule has 0 fully saturated rings. The molecule has 2 rings (SSSR count). The van der Waals surface area contributed by atoms with Crippen molar-refractivity contribution in [1.82, 2.24) is 10.2 Å². The summed E-state index contributed by atoms with van der Waals surface area (Å²) >= 11 is 17.9. The summed E-state index contributed by atoms with van der Waals surface area (Å²) in [5.74, 6) is -0.0174. The van der Waals surface area contributed by atoms with Crippen LogP contribution in [0.1, 0.15) is 18.5 Å². The van der Waals surface area contributed by atoms with E-state index in [0.717, 1.165) is 5.56 Å². The van der Waals surface area contributed by atoms with Crippen LogP contribution in [0.4, 0.5) is 5.69 Å². The van der Waals surface area contributed by atoms with Gasteiger partial charge in [-0.05, 0) is 49.9 Å². The van der Waals surface area contributed by atoms with E-state index in [1.165, 1.54) is 7.11 Å². The molecule has 0 aromatic heterocycles. The fourth-order valence-electron chi connectivity index (χ4n) is 2.67. The summed E-state index contributed by atoms with van der Waals surface area (Å²) in [4.78, 5) is 26.2. The number of benzene rings is 2. The Labute approximate surface area is 185 Å². The van der Waals surface area contributed by atoms with E-state index < -0.39 is 0 Å². The summed E-state index contributed by atoms with van der Waals surface area (Å²) in [7, 11) is 3.18. The van der Waals surface area contributed by atoms with Crippen LogP contribution in [0.2, 0.25) is 15.1 Å². The second kappa shape index (κ2) is 10.7. The Balaban J connectivity index is 1.87. The number of hydrogen-bond acceptors (Lipinski definition) is 4. The van der Waals surface area contributed by atoms with Crippen molar-refractivity contribution in [3.8, 4) is 5.75 Å². The van der Waals surface area contributed by atoms with E-state index >= 15 is 0 Å². The average Bonchev–Trinajstić information content (AvgIpc) is 2.63. The van der Waals surface area contributed by atoms with Crippen molar-refractivity contribution in [2.24, 2.45) is 0 Å². The zero-order valence-electron chi connectivity index (χ0n) is 16.3. The monoisotopic (exact) mass is 457 g/mol. The van der Waals surface area contributed by atoms with Gasteiger partial charge in [0.1, 0.15) is 5.75 Å². The number of hydrogen-bond donors (Lipinski definition) is 2. The lowest BCUT2D eigenvalue weighted by molar-refractivity contribution is -0.123. The number of methoxy groups -OCH3 is 1. The number of likely N-dealkylation sites (N-methyl/N-ethyl adjacent to an activating group) is 1. The Morgan fingerprint density at radius 2 is 1.72 bits per heavy atom. The molecule has 2 N–H and O–H groups in total. The lowest BCUT2D eigenvalue weighted by Crippen LogP contribution is -2.39. The number of ether oxygens (including phenoxy) is 1. The molecule has 9 heteroatoms. The molecular formula is C20H22Cl3N3O3. The average molecular weight is 459 g/mol. The predicted octanol–water partition coefficient (Wildman–Crippen LogP) is 4.40. The first-order valence-electron chi connectivity index (χ1n) is 8.76. The maximum atomic E-state index is 12.3. The minimum absolute atomic E-state index is 0.0181. The lowest BCUT2D eigenvalue weighted by Gasteiger charge is -2.19. The molecule has 6 nitrogen and oxygen atoms in total. The predicted molar refractivity (Wildman–Crippen MR) is 117 cm³/mol. The largest absolute Gasteiger partial charge is 0.495 e. The number of anilines is 1. The molecule has 29 heavy (non-hydrogen) atoms. The fraction of sp³-hybridized carbons (Fsp3) is 0.300.